The summed E-state index contributed by atoms with van der Waals surface area (Å²) in [5, 5.41) is 10.1. The van der Waals surface area contributed by atoms with Gasteiger partial charge in [-0.1, -0.05) is 94.4 Å². The third kappa shape index (κ3) is 7.72. The molecule has 2 saturated heterocycles. The van der Waals surface area contributed by atoms with Crippen LogP contribution in [-0.4, -0.2) is 93.0 Å². The topological polar surface area (TPSA) is 175 Å². The zero-order valence-corrected chi connectivity index (χ0v) is 39.3. The average Bonchev–Trinajstić information content (AvgIpc) is 3.95. The van der Waals surface area contributed by atoms with Crippen LogP contribution in [0.25, 0.3) is 54.7 Å². The number of methoxy groups -OCH3 is 2. The van der Waals surface area contributed by atoms with Gasteiger partial charge in [0.15, 0.2) is 0 Å². The Hall–Kier alpha value is -6.80. The number of amides is 4. The maximum absolute atomic E-state index is 14.6. The highest BCUT2D eigenvalue weighted by Crippen LogP contribution is 2.58. The minimum atomic E-state index is -0.796. The van der Waals surface area contributed by atoms with Gasteiger partial charge in [0.05, 0.1) is 47.9 Å². The summed E-state index contributed by atoms with van der Waals surface area (Å²) in [5.74, 6) is 1.99. The molecule has 2 aromatic heterocycles. The summed E-state index contributed by atoms with van der Waals surface area (Å²) < 4.78 is 10.5. The maximum Gasteiger partial charge on any atom is 0.407 e. The van der Waals surface area contributed by atoms with Crippen LogP contribution in [0.15, 0.2) is 91.0 Å². The molecule has 4 aliphatic rings. The summed E-state index contributed by atoms with van der Waals surface area (Å²) in [5.41, 5.74) is 5.86. The SMILES string of the molecule is COC[C@H]1CC(c2nc3ccc4cc(-c5ccc6c(ccc7nc(C8C[C@H]9[C@@H](C)[C@H]9N8C(=O)[C@@H](NC(=O)OC)C(C)(C)C)[nH]c76)c5)ccc4c3[nH]2)N(C(=O)[C@H](NC(=O)C2CC2)c2ccccc2)C1. The van der Waals surface area contributed by atoms with Gasteiger partial charge in [0.2, 0.25) is 17.7 Å². The molecule has 7 aromatic rings. The second-order valence-electron chi connectivity index (χ2n) is 20.7. The number of ether oxygens (including phenoxy) is 2. The summed E-state index contributed by atoms with van der Waals surface area (Å²) in [6, 6.07) is 28.7. The Morgan fingerprint density at radius 3 is 1.96 bits per heavy atom. The number of rotatable bonds is 11. The number of aromatic amines is 2. The fraction of sp³-hybridized carbons (Fsp3) is 0.407. The van der Waals surface area contributed by atoms with Crippen LogP contribution in [0.3, 0.4) is 0 Å². The Balaban J connectivity index is 0.871. The van der Waals surface area contributed by atoms with Crippen molar-refractivity contribution in [2.45, 2.75) is 83.6 Å². The Kier molecular flexibility index (Phi) is 10.8. The van der Waals surface area contributed by atoms with Crippen LogP contribution in [-0.2, 0) is 23.9 Å². The third-order valence-corrected chi connectivity index (χ3v) is 15.1. The van der Waals surface area contributed by atoms with E-state index in [9.17, 15) is 19.2 Å². The predicted molar refractivity (Wildman–Crippen MR) is 260 cm³/mol. The summed E-state index contributed by atoms with van der Waals surface area (Å²) in [6.07, 6.45) is 2.57. The Bertz CT molecular complexity index is 3130. The minimum Gasteiger partial charge on any atom is -0.453 e. The smallest absolute Gasteiger partial charge is 0.407 e. The summed E-state index contributed by atoms with van der Waals surface area (Å²) >= 11 is 0. The number of fused-ring (bicyclic) bond motifs is 7. The van der Waals surface area contributed by atoms with Crippen molar-refractivity contribution in [1.29, 1.82) is 0 Å². The Labute approximate surface area is 394 Å². The van der Waals surface area contributed by atoms with Gasteiger partial charge in [-0.25, -0.2) is 14.8 Å². The molecular formula is C54H58N8O6. The van der Waals surface area contributed by atoms with Crippen LogP contribution in [0.5, 0.6) is 0 Å². The molecule has 0 spiro atoms. The molecule has 4 fully saturated rings. The first-order chi connectivity index (χ1) is 32.8. The van der Waals surface area contributed by atoms with E-state index in [0.717, 1.165) is 91.2 Å². The average molecular weight is 915 g/mol. The van der Waals surface area contributed by atoms with E-state index in [4.69, 9.17) is 19.4 Å². The molecule has 2 saturated carbocycles. The van der Waals surface area contributed by atoms with Crippen molar-refractivity contribution in [2.75, 3.05) is 27.4 Å². The summed E-state index contributed by atoms with van der Waals surface area (Å²) in [4.78, 5) is 75.8. The van der Waals surface area contributed by atoms with Gasteiger partial charge < -0.3 is 39.9 Å². The number of piperidine rings is 1. The number of hydrogen-bond acceptors (Lipinski definition) is 8. The van der Waals surface area contributed by atoms with Gasteiger partial charge in [-0.3, -0.25) is 14.4 Å². The molecule has 2 aliphatic carbocycles. The minimum absolute atomic E-state index is 0.0335. The van der Waals surface area contributed by atoms with E-state index >= 15 is 0 Å². The number of carbonyl (C=O) groups excluding carboxylic acids is 4. The lowest BCUT2D eigenvalue weighted by Crippen LogP contribution is -2.55. The largest absolute Gasteiger partial charge is 0.453 e. The van der Waals surface area contributed by atoms with E-state index in [2.05, 4.69) is 76.1 Å². The fourth-order valence-corrected chi connectivity index (χ4v) is 11.3. The number of likely N-dealkylation sites (tertiary alicyclic amines) is 2. The van der Waals surface area contributed by atoms with Crippen LogP contribution in [0.4, 0.5) is 4.79 Å². The number of nitrogens with one attached hydrogen (secondary N) is 4. The Morgan fingerprint density at radius 2 is 1.38 bits per heavy atom. The second kappa shape index (κ2) is 16.8. The third-order valence-electron chi connectivity index (χ3n) is 15.1. The van der Waals surface area contributed by atoms with Gasteiger partial charge in [-0.2, -0.15) is 0 Å². The van der Waals surface area contributed by atoms with E-state index < -0.39 is 23.6 Å². The number of nitrogens with zero attached hydrogens (tertiary/aromatic N) is 4. The maximum atomic E-state index is 14.6. The first-order valence-corrected chi connectivity index (χ1v) is 24.0. The van der Waals surface area contributed by atoms with E-state index in [1.165, 1.54) is 7.11 Å². The van der Waals surface area contributed by atoms with Crippen LogP contribution >= 0.6 is 0 Å². The fourth-order valence-electron chi connectivity index (χ4n) is 11.3. The lowest BCUT2D eigenvalue weighted by atomic mass is 9.85. The van der Waals surface area contributed by atoms with Gasteiger partial charge in [0.25, 0.3) is 0 Å². The first-order valence-electron chi connectivity index (χ1n) is 24.0. The van der Waals surface area contributed by atoms with Crippen molar-refractivity contribution in [3.8, 4) is 11.1 Å². The second-order valence-corrected chi connectivity index (χ2v) is 20.7. The molecule has 8 atom stereocenters. The van der Waals surface area contributed by atoms with Crippen LogP contribution < -0.4 is 10.6 Å². The van der Waals surface area contributed by atoms with Crippen LogP contribution in [0.2, 0.25) is 0 Å². The lowest BCUT2D eigenvalue weighted by molar-refractivity contribution is -0.138. The standard InChI is InChI=1S/C54H58N8O6/c1-28-38-25-42(62(46(28)38)52(65)47(54(2,3)4)60-53(66)68-6)49-56-40-21-17-35-24-33(15-19-37(35)45(40)58-49)32-14-18-36-34(23-32)16-20-39-44(36)57-48(55-39)41-22-29(27-67-5)26-61(41)51(64)43(30-10-8-7-9-11-30)59-50(63)31-12-13-31/h7-11,14-21,23-24,28-29,31,38,41-43,46-47H,12-13,22,25-27H2,1-6H3,(H,55,57)(H,56,58)(H,59,63)(H,60,66)/t28-,29+,38+,41?,42?,43-,46-,47-/m1/s1. The molecule has 0 bridgehead atoms. The quantitative estimate of drug-likeness (QED) is 0.0996. The van der Waals surface area contributed by atoms with Gasteiger partial charge in [0, 0.05) is 42.3 Å². The number of aromatic nitrogens is 4. The van der Waals surface area contributed by atoms with Crippen molar-refractivity contribution >= 4 is 67.4 Å². The van der Waals surface area contributed by atoms with E-state index in [-0.39, 0.29) is 47.7 Å². The van der Waals surface area contributed by atoms with Crippen molar-refractivity contribution in [1.82, 2.24) is 40.4 Å². The molecule has 4 amide bonds. The lowest BCUT2D eigenvalue weighted by Gasteiger charge is -2.36. The molecule has 350 valence electrons. The number of benzene rings is 5. The van der Waals surface area contributed by atoms with Crippen LogP contribution in [0, 0.1) is 29.1 Å². The number of imidazole rings is 2. The number of carbonyl (C=O) groups is 4. The van der Waals surface area contributed by atoms with E-state index in [1.807, 2.05) is 73.0 Å². The van der Waals surface area contributed by atoms with Crippen LogP contribution in [0.1, 0.15) is 88.7 Å². The molecule has 2 aliphatic heterocycles. The molecular weight excluding hydrogens is 857 g/mol. The summed E-state index contributed by atoms with van der Waals surface area (Å²) in [6.45, 7) is 9.06. The molecule has 14 heteroatoms. The monoisotopic (exact) mass is 914 g/mol. The molecule has 5 aromatic carbocycles. The number of alkyl carbamates (subject to hydrolysis) is 1. The first kappa shape index (κ1) is 43.8. The van der Waals surface area contributed by atoms with E-state index in [0.29, 0.717) is 31.4 Å². The van der Waals surface area contributed by atoms with Crippen molar-refractivity contribution in [3.63, 3.8) is 0 Å². The molecule has 4 N–H and O–H groups in total. The molecule has 2 unspecified atom stereocenters. The highest BCUT2D eigenvalue weighted by atomic mass is 16.5. The number of H-pyrrole nitrogens is 2. The molecule has 11 rings (SSSR count). The van der Waals surface area contributed by atoms with Crippen molar-refractivity contribution in [3.05, 3.63) is 108 Å². The van der Waals surface area contributed by atoms with Gasteiger partial charge in [-0.05, 0) is 94.7 Å². The highest BCUT2D eigenvalue weighted by Gasteiger charge is 2.62. The van der Waals surface area contributed by atoms with Crippen molar-refractivity contribution < 1.29 is 28.7 Å². The van der Waals surface area contributed by atoms with Gasteiger partial charge in [0.1, 0.15) is 23.7 Å². The normalized spacial score (nSPS) is 23.3. The number of hydrogen-bond donors (Lipinski definition) is 4. The molecule has 14 nitrogen and oxygen atoms in total. The highest BCUT2D eigenvalue weighted by molar-refractivity contribution is 6.07. The Morgan fingerprint density at radius 1 is 0.765 bits per heavy atom. The van der Waals surface area contributed by atoms with E-state index in [1.54, 1.807) is 7.11 Å². The van der Waals surface area contributed by atoms with Gasteiger partial charge in [-0.15, -0.1) is 0 Å². The van der Waals surface area contributed by atoms with Crippen molar-refractivity contribution in [2.24, 2.45) is 29.1 Å². The molecule has 68 heavy (non-hydrogen) atoms. The zero-order valence-electron chi connectivity index (χ0n) is 39.3. The molecule has 0 radical (unpaired) electrons. The zero-order chi connectivity index (χ0) is 47.2. The summed E-state index contributed by atoms with van der Waals surface area (Å²) in [7, 11) is 3.00. The molecule has 4 heterocycles. The van der Waals surface area contributed by atoms with Gasteiger partial charge >= 0.3 is 6.09 Å². The predicted octanol–water partition coefficient (Wildman–Crippen LogP) is 8.89.